The number of carbonyl (C=O) groups is 1. The van der Waals surface area contributed by atoms with Crippen molar-refractivity contribution >= 4 is 5.97 Å². The normalized spacial score (nSPS) is 11.2. The number of benzene rings is 1. The summed E-state index contributed by atoms with van der Waals surface area (Å²) in [5.74, 6) is -3.39. The molecule has 0 spiro atoms. The molecule has 0 bridgehead atoms. The molecule has 104 valence electrons. The second-order valence-electron chi connectivity index (χ2n) is 4.19. The lowest BCUT2D eigenvalue weighted by Crippen LogP contribution is -2.14. The predicted octanol–water partition coefficient (Wildman–Crippen LogP) is 3.80. The molecule has 0 amide bonds. The second kappa shape index (κ2) is 5.77. The minimum Gasteiger partial charge on any atom is -0.421 e. The van der Waals surface area contributed by atoms with Crippen molar-refractivity contribution in [1.29, 1.82) is 0 Å². The van der Waals surface area contributed by atoms with E-state index >= 15 is 0 Å². The van der Waals surface area contributed by atoms with Crippen LogP contribution in [0, 0.1) is 0 Å². The summed E-state index contributed by atoms with van der Waals surface area (Å²) in [7, 11) is 0. The van der Waals surface area contributed by atoms with E-state index < -0.39 is 11.9 Å². The number of ether oxygens (including phenoxy) is 1. The van der Waals surface area contributed by atoms with Crippen molar-refractivity contribution in [1.82, 2.24) is 4.98 Å². The molecular formula is C15H13F2NO2. The van der Waals surface area contributed by atoms with E-state index in [1.54, 1.807) is 30.3 Å². The van der Waals surface area contributed by atoms with E-state index in [4.69, 9.17) is 4.74 Å². The van der Waals surface area contributed by atoms with Gasteiger partial charge in [0.15, 0.2) is 0 Å². The molecule has 1 aromatic heterocycles. The first kappa shape index (κ1) is 14.1. The van der Waals surface area contributed by atoms with E-state index in [0.717, 1.165) is 12.3 Å². The number of aromatic nitrogens is 1. The van der Waals surface area contributed by atoms with Crippen LogP contribution in [0.5, 0.6) is 5.75 Å². The molecule has 0 radical (unpaired) electrons. The van der Waals surface area contributed by atoms with Gasteiger partial charge < -0.3 is 4.74 Å². The molecule has 1 aromatic carbocycles. The molecule has 0 unspecified atom stereocenters. The predicted molar refractivity (Wildman–Crippen MR) is 69.8 cm³/mol. The molecule has 5 heteroatoms. The van der Waals surface area contributed by atoms with Gasteiger partial charge in [-0.2, -0.15) is 8.78 Å². The SMILES string of the molecule is CCC(F)(F)c1ccc(OC(=O)c2ccccc2)cn1. The Morgan fingerprint density at radius 1 is 1.20 bits per heavy atom. The van der Waals surface area contributed by atoms with E-state index in [0.29, 0.717) is 5.56 Å². The Hall–Kier alpha value is -2.30. The van der Waals surface area contributed by atoms with Gasteiger partial charge >= 0.3 is 5.97 Å². The van der Waals surface area contributed by atoms with E-state index in [2.05, 4.69) is 4.98 Å². The minimum atomic E-state index is -2.97. The molecular weight excluding hydrogens is 264 g/mol. The summed E-state index contributed by atoms with van der Waals surface area (Å²) in [4.78, 5) is 15.4. The number of carbonyl (C=O) groups excluding carboxylic acids is 1. The van der Waals surface area contributed by atoms with E-state index in [9.17, 15) is 13.6 Å². The largest absolute Gasteiger partial charge is 0.421 e. The van der Waals surface area contributed by atoms with Crippen LogP contribution in [0.3, 0.4) is 0 Å². The number of esters is 1. The van der Waals surface area contributed by atoms with Crippen LogP contribution in [0.25, 0.3) is 0 Å². The van der Waals surface area contributed by atoms with Crippen molar-refractivity contribution in [3.63, 3.8) is 0 Å². The van der Waals surface area contributed by atoms with Gasteiger partial charge in [-0.1, -0.05) is 25.1 Å². The lowest BCUT2D eigenvalue weighted by Gasteiger charge is -2.13. The quantitative estimate of drug-likeness (QED) is 0.798. The monoisotopic (exact) mass is 277 g/mol. The lowest BCUT2D eigenvalue weighted by atomic mass is 10.1. The molecule has 3 nitrogen and oxygen atoms in total. The van der Waals surface area contributed by atoms with Crippen molar-refractivity contribution in [3.05, 3.63) is 59.9 Å². The average molecular weight is 277 g/mol. The maximum absolute atomic E-state index is 13.4. The fourth-order valence-electron chi connectivity index (χ4n) is 1.58. The number of rotatable bonds is 4. The molecule has 0 saturated heterocycles. The van der Waals surface area contributed by atoms with Crippen molar-refractivity contribution in [2.75, 3.05) is 0 Å². The van der Waals surface area contributed by atoms with Crippen LogP contribution in [-0.2, 0) is 5.92 Å². The van der Waals surface area contributed by atoms with Gasteiger partial charge in [0.25, 0.3) is 5.92 Å². The Balaban J connectivity index is 2.10. The zero-order chi connectivity index (χ0) is 14.6. The third kappa shape index (κ3) is 3.17. The Morgan fingerprint density at radius 2 is 1.90 bits per heavy atom. The average Bonchev–Trinajstić information content (AvgIpc) is 2.48. The van der Waals surface area contributed by atoms with E-state index in [1.165, 1.54) is 13.0 Å². The molecule has 0 aliphatic heterocycles. The minimum absolute atomic E-state index is 0.134. The highest BCUT2D eigenvalue weighted by atomic mass is 19.3. The fourth-order valence-corrected chi connectivity index (χ4v) is 1.58. The first-order valence-corrected chi connectivity index (χ1v) is 6.14. The fraction of sp³-hybridized carbons (Fsp3) is 0.200. The van der Waals surface area contributed by atoms with Gasteiger partial charge in [-0.05, 0) is 24.3 Å². The smallest absolute Gasteiger partial charge is 0.343 e. The Labute approximate surface area is 115 Å². The van der Waals surface area contributed by atoms with Gasteiger partial charge in [-0.25, -0.2) is 4.79 Å². The highest BCUT2D eigenvalue weighted by Crippen LogP contribution is 2.30. The maximum atomic E-state index is 13.4. The molecule has 20 heavy (non-hydrogen) atoms. The zero-order valence-corrected chi connectivity index (χ0v) is 10.8. The summed E-state index contributed by atoms with van der Waals surface area (Å²) in [6.45, 7) is 1.38. The summed E-state index contributed by atoms with van der Waals surface area (Å²) < 4.78 is 31.8. The van der Waals surface area contributed by atoms with E-state index in [1.807, 2.05) is 0 Å². The summed E-state index contributed by atoms with van der Waals surface area (Å²) in [5, 5.41) is 0. The summed E-state index contributed by atoms with van der Waals surface area (Å²) in [5.41, 5.74) is 0.0509. The highest BCUT2D eigenvalue weighted by molar-refractivity contribution is 5.90. The number of pyridine rings is 1. The lowest BCUT2D eigenvalue weighted by molar-refractivity contribution is -0.0128. The summed E-state index contributed by atoms with van der Waals surface area (Å²) >= 11 is 0. The number of nitrogens with zero attached hydrogens (tertiary/aromatic N) is 1. The van der Waals surface area contributed by atoms with Gasteiger partial charge in [0.05, 0.1) is 11.8 Å². The van der Waals surface area contributed by atoms with Crippen LogP contribution in [0.15, 0.2) is 48.7 Å². The molecule has 0 fully saturated rings. The molecule has 0 aliphatic rings. The van der Waals surface area contributed by atoms with Gasteiger partial charge in [0.2, 0.25) is 0 Å². The van der Waals surface area contributed by atoms with Crippen LogP contribution < -0.4 is 4.74 Å². The first-order chi connectivity index (χ1) is 9.53. The number of halogens is 2. The second-order valence-corrected chi connectivity index (χ2v) is 4.19. The number of hydrogen-bond donors (Lipinski definition) is 0. The van der Waals surface area contributed by atoms with Crippen LogP contribution in [-0.4, -0.2) is 11.0 Å². The van der Waals surface area contributed by atoms with Crippen molar-refractivity contribution < 1.29 is 18.3 Å². The van der Waals surface area contributed by atoms with Crippen molar-refractivity contribution in [2.45, 2.75) is 19.3 Å². The molecule has 2 aromatic rings. The van der Waals surface area contributed by atoms with Gasteiger partial charge in [-0.3, -0.25) is 4.98 Å². The van der Waals surface area contributed by atoms with E-state index in [-0.39, 0.29) is 17.9 Å². The van der Waals surface area contributed by atoms with Crippen LogP contribution >= 0.6 is 0 Å². The summed E-state index contributed by atoms with van der Waals surface area (Å²) in [6.07, 6.45) is 0.795. The van der Waals surface area contributed by atoms with Crippen molar-refractivity contribution in [2.24, 2.45) is 0 Å². The number of alkyl halides is 2. The first-order valence-electron chi connectivity index (χ1n) is 6.14. The Kier molecular flexibility index (Phi) is 4.08. The topological polar surface area (TPSA) is 39.2 Å². The maximum Gasteiger partial charge on any atom is 0.343 e. The third-order valence-electron chi connectivity index (χ3n) is 2.78. The zero-order valence-electron chi connectivity index (χ0n) is 10.8. The molecule has 0 aliphatic carbocycles. The molecule has 0 saturated carbocycles. The van der Waals surface area contributed by atoms with Crippen LogP contribution in [0.1, 0.15) is 29.4 Å². The number of hydrogen-bond acceptors (Lipinski definition) is 3. The third-order valence-corrected chi connectivity index (χ3v) is 2.78. The van der Waals surface area contributed by atoms with Crippen LogP contribution in [0.2, 0.25) is 0 Å². The van der Waals surface area contributed by atoms with Gasteiger partial charge in [-0.15, -0.1) is 0 Å². The molecule has 0 N–H and O–H groups in total. The Morgan fingerprint density at radius 3 is 2.45 bits per heavy atom. The summed E-state index contributed by atoms with van der Waals surface area (Å²) in [6, 6.07) is 10.9. The molecule has 2 rings (SSSR count). The molecule has 0 atom stereocenters. The van der Waals surface area contributed by atoms with Crippen LogP contribution in [0.4, 0.5) is 8.78 Å². The van der Waals surface area contributed by atoms with Gasteiger partial charge in [0, 0.05) is 6.42 Å². The Bertz CT molecular complexity index is 583. The highest BCUT2D eigenvalue weighted by Gasteiger charge is 2.30. The standard InChI is InChI=1S/C15H13F2NO2/c1-2-15(16,17)13-9-8-12(10-18-13)20-14(19)11-6-4-3-5-7-11/h3-10H,2H2,1H3. The molecule has 1 heterocycles. The van der Waals surface area contributed by atoms with Gasteiger partial charge in [0.1, 0.15) is 11.4 Å². The van der Waals surface area contributed by atoms with Crippen molar-refractivity contribution in [3.8, 4) is 5.75 Å².